The summed E-state index contributed by atoms with van der Waals surface area (Å²) in [6.07, 6.45) is 3.34. The van der Waals surface area contributed by atoms with Crippen molar-refractivity contribution < 1.29 is 9.53 Å². The number of fused-ring (bicyclic) bond motifs is 1. The Labute approximate surface area is 223 Å². The number of benzene rings is 2. The van der Waals surface area contributed by atoms with E-state index in [1.165, 1.54) is 6.08 Å². The van der Waals surface area contributed by atoms with E-state index in [0.29, 0.717) is 28.8 Å². The number of methoxy groups -OCH3 is 1. The number of nitrogens with one attached hydrogen (secondary N) is 2. The van der Waals surface area contributed by atoms with Gasteiger partial charge in [-0.25, -0.2) is 9.97 Å². The molecule has 2 aromatic carbocycles. The Morgan fingerprint density at radius 3 is 2.58 bits per heavy atom. The molecular weight excluding hydrogens is 478 g/mol. The van der Waals surface area contributed by atoms with Crippen LogP contribution in [0.1, 0.15) is 5.82 Å². The molecule has 2 N–H and O–H groups in total. The fourth-order valence-corrected chi connectivity index (χ4v) is 4.36. The maximum atomic E-state index is 12.3. The SMILES string of the molecule is C=CC(=O)Nc1cc(Nc2cc(-c3cn(C)c4ccccc34)nc(C)n2)c(OC)cc1N(C)CCN(C)C. The first-order valence-electron chi connectivity index (χ1n) is 12.4. The predicted molar refractivity (Wildman–Crippen MR) is 156 cm³/mol. The molecule has 0 aliphatic carbocycles. The number of aryl methyl sites for hydroxylation is 2. The van der Waals surface area contributed by atoms with Crippen LogP contribution in [0.3, 0.4) is 0 Å². The van der Waals surface area contributed by atoms with Crippen LogP contribution in [0, 0.1) is 6.92 Å². The predicted octanol–water partition coefficient (Wildman–Crippen LogP) is 4.82. The number of carbonyl (C=O) groups excluding carboxylic acids is 1. The van der Waals surface area contributed by atoms with Gasteiger partial charge in [0.15, 0.2) is 0 Å². The topological polar surface area (TPSA) is 87.5 Å². The zero-order valence-corrected chi connectivity index (χ0v) is 22.9. The van der Waals surface area contributed by atoms with E-state index in [-0.39, 0.29) is 5.91 Å². The first-order chi connectivity index (χ1) is 18.2. The number of carbonyl (C=O) groups is 1. The molecule has 2 heterocycles. The van der Waals surface area contributed by atoms with Crippen molar-refractivity contribution in [1.82, 2.24) is 19.4 Å². The lowest BCUT2D eigenvalue weighted by atomic mass is 10.1. The summed E-state index contributed by atoms with van der Waals surface area (Å²) >= 11 is 0. The van der Waals surface area contributed by atoms with E-state index >= 15 is 0 Å². The van der Waals surface area contributed by atoms with Crippen LogP contribution >= 0.6 is 0 Å². The lowest BCUT2D eigenvalue weighted by Gasteiger charge is -2.26. The smallest absolute Gasteiger partial charge is 0.247 e. The minimum Gasteiger partial charge on any atom is -0.494 e. The van der Waals surface area contributed by atoms with Crippen molar-refractivity contribution in [2.45, 2.75) is 6.92 Å². The van der Waals surface area contributed by atoms with Crippen LogP contribution < -0.4 is 20.3 Å². The fourth-order valence-electron chi connectivity index (χ4n) is 4.36. The third-order valence-electron chi connectivity index (χ3n) is 6.33. The maximum Gasteiger partial charge on any atom is 0.247 e. The van der Waals surface area contributed by atoms with Gasteiger partial charge in [0.1, 0.15) is 17.4 Å². The van der Waals surface area contributed by atoms with Gasteiger partial charge in [-0.15, -0.1) is 0 Å². The molecule has 1 amide bonds. The summed E-state index contributed by atoms with van der Waals surface area (Å²) in [6.45, 7) is 7.08. The Morgan fingerprint density at radius 1 is 1.11 bits per heavy atom. The van der Waals surface area contributed by atoms with Crippen molar-refractivity contribution in [3.05, 3.63) is 67.1 Å². The van der Waals surface area contributed by atoms with Crippen LogP contribution in [0.5, 0.6) is 5.75 Å². The average Bonchev–Trinajstić information content (AvgIpc) is 3.23. The molecule has 0 spiro atoms. The minimum atomic E-state index is -0.292. The van der Waals surface area contributed by atoms with Crippen molar-refractivity contribution >= 4 is 39.7 Å². The second kappa shape index (κ2) is 11.4. The van der Waals surface area contributed by atoms with E-state index in [1.807, 2.05) is 65.4 Å². The highest BCUT2D eigenvalue weighted by Crippen LogP contribution is 2.38. The van der Waals surface area contributed by atoms with Crippen molar-refractivity contribution in [3.8, 4) is 17.0 Å². The Kier molecular flexibility index (Phi) is 7.97. The molecule has 0 atom stereocenters. The van der Waals surface area contributed by atoms with Gasteiger partial charge in [0.25, 0.3) is 0 Å². The number of hydrogen-bond acceptors (Lipinski definition) is 7. The molecule has 0 bridgehead atoms. The van der Waals surface area contributed by atoms with E-state index in [2.05, 4.69) is 54.9 Å². The molecule has 38 heavy (non-hydrogen) atoms. The Morgan fingerprint density at radius 2 is 1.87 bits per heavy atom. The average molecular weight is 514 g/mol. The van der Waals surface area contributed by atoms with Crippen LogP contribution in [0.4, 0.5) is 22.9 Å². The first kappa shape index (κ1) is 26.7. The molecule has 0 aliphatic heterocycles. The van der Waals surface area contributed by atoms with Crippen molar-refractivity contribution in [2.24, 2.45) is 7.05 Å². The molecule has 0 fully saturated rings. The summed E-state index contributed by atoms with van der Waals surface area (Å²) in [5.74, 6) is 1.58. The van der Waals surface area contributed by atoms with Gasteiger partial charge < -0.3 is 29.7 Å². The molecule has 9 heteroatoms. The number of para-hydroxylation sites is 1. The summed E-state index contributed by atoms with van der Waals surface area (Å²) < 4.78 is 7.84. The quantitative estimate of drug-likeness (QED) is 0.294. The minimum absolute atomic E-state index is 0.292. The van der Waals surface area contributed by atoms with E-state index in [4.69, 9.17) is 9.72 Å². The highest BCUT2D eigenvalue weighted by atomic mass is 16.5. The summed E-state index contributed by atoms with van der Waals surface area (Å²) in [5.41, 5.74) is 5.11. The lowest BCUT2D eigenvalue weighted by molar-refractivity contribution is -0.111. The lowest BCUT2D eigenvalue weighted by Crippen LogP contribution is -2.29. The second-order valence-electron chi connectivity index (χ2n) is 9.47. The fraction of sp³-hybridized carbons (Fsp3) is 0.276. The van der Waals surface area contributed by atoms with Gasteiger partial charge in [-0.3, -0.25) is 4.79 Å². The van der Waals surface area contributed by atoms with E-state index in [9.17, 15) is 4.79 Å². The van der Waals surface area contributed by atoms with E-state index in [1.54, 1.807) is 7.11 Å². The molecule has 0 aliphatic rings. The largest absolute Gasteiger partial charge is 0.494 e. The standard InChI is InChI=1S/C29H35N7O2/c1-8-29(37)33-23-15-24(27(38-7)17-26(23)35(5)14-13-34(3)4)32-28-16-22(30-19(2)31-28)21-18-36(6)25-12-10-9-11-20(21)25/h8-12,15-18H,1,13-14H2,2-7H3,(H,33,37)(H,30,31,32). The van der Waals surface area contributed by atoms with Gasteiger partial charge in [0.05, 0.1) is 29.9 Å². The Balaban J connectivity index is 1.74. The zero-order chi connectivity index (χ0) is 27.4. The highest BCUT2D eigenvalue weighted by Gasteiger charge is 2.17. The Bertz CT molecular complexity index is 1480. The third-order valence-corrected chi connectivity index (χ3v) is 6.33. The molecule has 0 saturated carbocycles. The van der Waals surface area contributed by atoms with Gasteiger partial charge in [0, 0.05) is 62.0 Å². The molecule has 9 nitrogen and oxygen atoms in total. The summed E-state index contributed by atoms with van der Waals surface area (Å²) in [6, 6.07) is 13.9. The second-order valence-corrected chi connectivity index (χ2v) is 9.47. The first-order valence-corrected chi connectivity index (χ1v) is 12.4. The van der Waals surface area contributed by atoms with Gasteiger partial charge in [-0.1, -0.05) is 24.8 Å². The number of ether oxygens (including phenoxy) is 1. The summed E-state index contributed by atoms with van der Waals surface area (Å²) in [4.78, 5) is 25.8. The number of aromatic nitrogens is 3. The van der Waals surface area contributed by atoms with Crippen molar-refractivity contribution in [1.29, 1.82) is 0 Å². The molecule has 4 aromatic rings. The van der Waals surface area contributed by atoms with Gasteiger partial charge in [0.2, 0.25) is 5.91 Å². The number of hydrogen-bond donors (Lipinski definition) is 2. The van der Waals surface area contributed by atoms with E-state index < -0.39 is 0 Å². The molecule has 0 unspecified atom stereocenters. The van der Waals surface area contributed by atoms with Crippen LogP contribution in [0.2, 0.25) is 0 Å². The normalized spacial score (nSPS) is 11.0. The molecular formula is C29H35N7O2. The van der Waals surface area contributed by atoms with Crippen molar-refractivity contribution in [2.75, 3.05) is 56.9 Å². The highest BCUT2D eigenvalue weighted by molar-refractivity contribution is 6.02. The molecule has 4 rings (SSSR count). The summed E-state index contributed by atoms with van der Waals surface area (Å²) in [7, 11) is 9.69. The molecule has 0 saturated heterocycles. The molecule has 2 aromatic heterocycles. The monoisotopic (exact) mass is 513 g/mol. The maximum absolute atomic E-state index is 12.3. The van der Waals surface area contributed by atoms with Crippen LogP contribution in [0.25, 0.3) is 22.2 Å². The number of amides is 1. The number of likely N-dealkylation sites (N-methyl/N-ethyl adjacent to an activating group) is 2. The van der Waals surface area contributed by atoms with Gasteiger partial charge >= 0.3 is 0 Å². The van der Waals surface area contributed by atoms with Gasteiger partial charge in [-0.2, -0.15) is 0 Å². The van der Waals surface area contributed by atoms with Crippen LogP contribution in [0.15, 0.2) is 61.3 Å². The van der Waals surface area contributed by atoms with Gasteiger partial charge in [-0.05, 0) is 39.2 Å². The third kappa shape index (κ3) is 5.78. The van der Waals surface area contributed by atoms with Crippen LogP contribution in [-0.4, -0.2) is 66.7 Å². The van der Waals surface area contributed by atoms with Crippen molar-refractivity contribution in [3.63, 3.8) is 0 Å². The number of anilines is 4. The zero-order valence-electron chi connectivity index (χ0n) is 22.9. The summed E-state index contributed by atoms with van der Waals surface area (Å²) in [5, 5.41) is 7.45. The Hall–Kier alpha value is -4.37. The molecule has 198 valence electrons. The van der Waals surface area contributed by atoms with E-state index in [0.717, 1.165) is 40.9 Å². The van der Waals surface area contributed by atoms with Crippen LogP contribution in [-0.2, 0) is 11.8 Å². The number of rotatable bonds is 10. The molecule has 0 radical (unpaired) electrons. The number of nitrogens with zero attached hydrogens (tertiary/aromatic N) is 5.